The summed E-state index contributed by atoms with van der Waals surface area (Å²) in [4.78, 5) is 38.4. The van der Waals surface area contributed by atoms with Crippen LogP contribution >= 0.6 is 0 Å². The maximum atomic E-state index is 12.4. The van der Waals surface area contributed by atoms with Crippen molar-refractivity contribution in [2.75, 3.05) is 11.9 Å². The number of rotatable bonds is 5. The van der Waals surface area contributed by atoms with E-state index in [1.807, 2.05) is 24.3 Å². The summed E-state index contributed by atoms with van der Waals surface area (Å²) in [5.74, 6) is -0.695. The van der Waals surface area contributed by atoms with Crippen LogP contribution in [0.2, 0.25) is 0 Å². The van der Waals surface area contributed by atoms with E-state index in [2.05, 4.69) is 23.5 Å². The van der Waals surface area contributed by atoms with Crippen LogP contribution in [0.5, 0.6) is 0 Å². The predicted molar refractivity (Wildman–Crippen MR) is 114 cm³/mol. The Morgan fingerprint density at radius 3 is 2.17 bits per heavy atom. The van der Waals surface area contributed by atoms with Gasteiger partial charge >= 0.3 is 0 Å². The lowest BCUT2D eigenvalue weighted by Crippen LogP contribution is -2.31. The van der Waals surface area contributed by atoms with Gasteiger partial charge in [-0.25, -0.2) is 0 Å². The van der Waals surface area contributed by atoms with E-state index in [0.717, 1.165) is 17.7 Å². The van der Waals surface area contributed by atoms with Crippen LogP contribution in [0, 0.1) is 0 Å². The Balaban J connectivity index is 1.20. The number of anilines is 1. The number of carbonyl (C=O) groups is 3. The summed E-state index contributed by atoms with van der Waals surface area (Å²) in [7, 11) is 0. The predicted octanol–water partition coefficient (Wildman–Crippen LogP) is 4.27. The zero-order valence-corrected chi connectivity index (χ0v) is 16.4. The van der Waals surface area contributed by atoms with Gasteiger partial charge in [-0.3, -0.25) is 19.3 Å². The average Bonchev–Trinajstić information content (AvgIpc) is 3.24. The first-order valence-electron chi connectivity index (χ1n) is 10.1. The molecule has 5 nitrogen and oxygen atoms in total. The highest BCUT2D eigenvalue weighted by atomic mass is 16.2. The van der Waals surface area contributed by atoms with Crippen LogP contribution in [0.15, 0.2) is 66.7 Å². The van der Waals surface area contributed by atoms with Crippen molar-refractivity contribution >= 4 is 23.4 Å². The van der Waals surface area contributed by atoms with E-state index >= 15 is 0 Å². The Morgan fingerprint density at radius 1 is 0.800 bits per heavy atom. The fraction of sp³-hybridized carbons (Fsp3) is 0.160. The van der Waals surface area contributed by atoms with Gasteiger partial charge < -0.3 is 5.32 Å². The van der Waals surface area contributed by atoms with Crippen LogP contribution in [0.25, 0.3) is 11.1 Å². The van der Waals surface area contributed by atoms with E-state index in [9.17, 15) is 14.4 Å². The first kappa shape index (κ1) is 18.3. The molecule has 0 fully saturated rings. The van der Waals surface area contributed by atoms with Gasteiger partial charge in [-0.2, -0.15) is 0 Å². The van der Waals surface area contributed by atoms with Crippen molar-refractivity contribution in [2.24, 2.45) is 0 Å². The first-order valence-corrected chi connectivity index (χ1v) is 10.1. The Kier molecular flexibility index (Phi) is 4.43. The minimum atomic E-state index is -0.284. The number of nitrogens with zero attached hydrogens (tertiary/aromatic N) is 1. The van der Waals surface area contributed by atoms with Crippen molar-refractivity contribution in [3.05, 3.63) is 89.0 Å². The zero-order chi connectivity index (χ0) is 20.7. The molecule has 0 aromatic heterocycles. The molecule has 3 amide bonds. The molecule has 5 heteroatoms. The molecule has 0 bridgehead atoms. The molecule has 1 N–H and O–H groups in total. The van der Waals surface area contributed by atoms with Gasteiger partial charge in [0.05, 0.1) is 11.1 Å². The molecule has 5 rings (SSSR count). The van der Waals surface area contributed by atoms with Gasteiger partial charge in [-0.05, 0) is 59.4 Å². The number of benzene rings is 3. The number of imide groups is 1. The number of carbonyl (C=O) groups excluding carboxylic acids is 3. The lowest BCUT2D eigenvalue weighted by atomic mass is 10.1. The van der Waals surface area contributed by atoms with Gasteiger partial charge in [0.1, 0.15) is 0 Å². The first-order chi connectivity index (χ1) is 14.6. The molecule has 0 unspecified atom stereocenters. The lowest BCUT2D eigenvalue weighted by Gasteiger charge is -2.13. The molecular formula is C25H20N2O3. The van der Waals surface area contributed by atoms with Crippen molar-refractivity contribution in [3.8, 4) is 11.1 Å². The average molecular weight is 396 g/mol. The van der Waals surface area contributed by atoms with Gasteiger partial charge in [0.25, 0.3) is 11.8 Å². The third-order valence-electron chi connectivity index (χ3n) is 5.75. The number of fused-ring (bicyclic) bond motifs is 4. The van der Waals surface area contributed by atoms with Gasteiger partial charge in [-0.15, -0.1) is 0 Å². The summed E-state index contributed by atoms with van der Waals surface area (Å²) in [5, 5.41) is 2.94. The maximum Gasteiger partial charge on any atom is 0.261 e. The van der Waals surface area contributed by atoms with Crippen LogP contribution in [0.1, 0.15) is 44.7 Å². The summed E-state index contributed by atoms with van der Waals surface area (Å²) in [6.07, 6.45) is 1.58. The zero-order valence-electron chi connectivity index (χ0n) is 16.4. The quantitative estimate of drug-likeness (QED) is 0.512. The number of nitrogens with one attached hydrogen (secondary N) is 1. The molecule has 1 aliphatic heterocycles. The van der Waals surface area contributed by atoms with Crippen molar-refractivity contribution in [1.29, 1.82) is 0 Å². The second-order valence-electron chi connectivity index (χ2n) is 7.67. The van der Waals surface area contributed by atoms with Gasteiger partial charge in [0.15, 0.2) is 0 Å². The topological polar surface area (TPSA) is 66.5 Å². The Morgan fingerprint density at radius 2 is 1.43 bits per heavy atom. The molecular weight excluding hydrogens is 376 g/mol. The molecule has 3 aromatic carbocycles. The SMILES string of the molecule is O=C(CCCN1C(=O)c2ccccc2C1=O)Nc1ccc2c(c1)-c1ccccc1C2. The van der Waals surface area contributed by atoms with Gasteiger partial charge in [-0.1, -0.05) is 42.5 Å². The molecule has 0 saturated carbocycles. The van der Waals surface area contributed by atoms with E-state index < -0.39 is 0 Å². The normalized spacial score (nSPS) is 13.8. The standard InChI is InChI=1S/C25H20N2O3/c28-23(10-5-13-27-24(29)20-8-3-4-9-21(20)25(27)30)26-18-12-11-17-14-16-6-1-2-7-19(16)22(17)15-18/h1-4,6-9,11-12,15H,5,10,13-14H2,(H,26,28). The van der Waals surface area contributed by atoms with E-state index in [4.69, 9.17) is 0 Å². The summed E-state index contributed by atoms with van der Waals surface area (Å²) in [6, 6.07) is 21.1. The molecule has 0 radical (unpaired) electrons. The summed E-state index contributed by atoms with van der Waals surface area (Å²) in [6.45, 7) is 0.233. The van der Waals surface area contributed by atoms with E-state index in [1.54, 1.807) is 24.3 Å². The van der Waals surface area contributed by atoms with Crippen LogP contribution in [0.4, 0.5) is 5.69 Å². The fourth-order valence-electron chi connectivity index (χ4n) is 4.26. The van der Waals surface area contributed by atoms with Crippen molar-refractivity contribution in [3.63, 3.8) is 0 Å². The van der Waals surface area contributed by atoms with Gasteiger partial charge in [0.2, 0.25) is 5.91 Å². The Bertz CT molecular complexity index is 1160. The molecule has 0 saturated heterocycles. The summed E-state index contributed by atoms with van der Waals surface area (Å²) in [5.41, 5.74) is 6.58. The minimum Gasteiger partial charge on any atom is -0.326 e. The lowest BCUT2D eigenvalue weighted by molar-refractivity contribution is -0.116. The molecule has 30 heavy (non-hydrogen) atoms. The van der Waals surface area contributed by atoms with Gasteiger partial charge in [0, 0.05) is 18.7 Å². The number of amides is 3. The van der Waals surface area contributed by atoms with Crippen molar-refractivity contribution < 1.29 is 14.4 Å². The Labute approximate surface area is 174 Å². The van der Waals surface area contributed by atoms with E-state index in [0.29, 0.717) is 17.5 Å². The second kappa shape index (κ2) is 7.26. The highest BCUT2D eigenvalue weighted by Gasteiger charge is 2.34. The molecule has 1 aliphatic carbocycles. The van der Waals surface area contributed by atoms with Crippen LogP contribution in [0.3, 0.4) is 0 Å². The highest BCUT2D eigenvalue weighted by Crippen LogP contribution is 2.37. The van der Waals surface area contributed by atoms with Crippen molar-refractivity contribution in [2.45, 2.75) is 19.3 Å². The van der Waals surface area contributed by atoms with Crippen LogP contribution in [-0.2, 0) is 11.2 Å². The highest BCUT2D eigenvalue weighted by molar-refractivity contribution is 6.21. The smallest absolute Gasteiger partial charge is 0.261 e. The molecule has 0 spiro atoms. The third kappa shape index (κ3) is 3.08. The van der Waals surface area contributed by atoms with Crippen molar-refractivity contribution in [1.82, 2.24) is 4.90 Å². The largest absolute Gasteiger partial charge is 0.326 e. The summed E-state index contributed by atoms with van der Waals surface area (Å²) < 4.78 is 0. The molecule has 0 atom stereocenters. The summed E-state index contributed by atoms with van der Waals surface area (Å²) >= 11 is 0. The van der Waals surface area contributed by atoms with Crippen LogP contribution < -0.4 is 5.32 Å². The number of hydrogen-bond donors (Lipinski definition) is 1. The Hall–Kier alpha value is -3.73. The molecule has 2 aliphatic rings. The number of hydrogen-bond acceptors (Lipinski definition) is 3. The van der Waals surface area contributed by atoms with Crippen LogP contribution in [-0.4, -0.2) is 29.2 Å². The van der Waals surface area contributed by atoms with E-state index in [1.165, 1.54) is 21.6 Å². The monoisotopic (exact) mass is 396 g/mol. The molecule has 1 heterocycles. The molecule has 148 valence electrons. The maximum absolute atomic E-state index is 12.4. The third-order valence-corrected chi connectivity index (χ3v) is 5.75. The second-order valence-corrected chi connectivity index (χ2v) is 7.67. The van der Waals surface area contributed by atoms with E-state index in [-0.39, 0.29) is 30.7 Å². The molecule has 3 aromatic rings. The minimum absolute atomic E-state index is 0.127. The fourth-order valence-corrected chi connectivity index (χ4v) is 4.26.